The van der Waals surface area contributed by atoms with Crippen molar-refractivity contribution in [2.45, 2.75) is 39.7 Å². The van der Waals surface area contributed by atoms with Gasteiger partial charge in [-0.05, 0) is 13.3 Å². The molecule has 0 rings (SSSR count). The van der Waals surface area contributed by atoms with E-state index >= 15 is 0 Å². The average Bonchev–Trinajstić information content (AvgIpc) is 2.23. The zero-order valence-electron chi connectivity index (χ0n) is 9.95. The van der Waals surface area contributed by atoms with Crippen molar-refractivity contribution >= 4 is 30.1 Å². The summed E-state index contributed by atoms with van der Waals surface area (Å²) in [4.78, 5) is 33.9. The third kappa shape index (κ3) is 5.30. The predicted octanol–water partition coefficient (Wildman–Crippen LogP) is 0.995. The van der Waals surface area contributed by atoms with Crippen LogP contribution in [0.4, 0.5) is 0 Å². The van der Waals surface area contributed by atoms with Crippen molar-refractivity contribution in [2.75, 3.05) is 5.75 Å². The third-order valence-corrected chi connectivity index (χ3v) is 2.87. The summed E-state index contributed by atoms with van der Waals surface area (Å²) in [6.07, 6.45) is 0.557. The molecular formula is C11H19NO3S. The first-order chi connectivity index (χ1) is 7.42. The Morgan fingerprint density at radius 2 is 1.88 bits per heavy atom. The topological polar surface area (TPSA) is 63.2 Å². The van der Waals surface area contributed by atoms with Gasteiger partial charge in [0.05, 0.1) is 12.5 Å². The molecule has 0 aromatic carbocycles. The van der Waals surface area contributed by atoms with Crippen LogP contribution >= 0.6 is 12.6 Å². The zero-order valence-corrected chi connectivity index (χ0v) is 10.8. The highest BCUT2D eigenvalue weighted by Crippen LogP contribution is 2.05. The Morgan fingerprint density at radius 3 is 2.25 bits per heavy atom. The molecule has 0 saturated carbocycles. The maximum atomic E-state index is 11.5. The van der Waals surface area contributed by atoms with Gasteiger partial charge in [-0.25, -0.2) is 0 Å². The van der Waals surface area contributed by atoms with Crippen LogP contribution in [0.1, 0.15) is 33.6 Å². The van der Waals surface area contributed by atoms with Gasteiger partial charge in [0, 0.05) is 11.7 Å². The van der Waals surface area contributed by atoms with E-state index in [0.29, 0.717) is 0 Å². The van der Waals surface area contributed by atoms with E-state index in [0.717, 1.165) is 6.42 Å². The minimum atomic E-state index is -0.597. The number of nitrogens with one attached hydrogen (secondary N) is 1. The Bertz CT molecular complexity index is 278. The molecule has 1 amide bonds. The number of carbonyl (C=O) groups is 3. The molecule has 0 aliphatic carbocycles. The molecule has 0 heterocycles. The monoisotopic (exact) mass is 245 g/mol. The summed E-state index contributed by atoms with van der Waals surface area (Å²) < 4.78 is 0. The van der Waals surface area contributed by atoms with E-state index < -0.39 is 11.9 Å². The molecule has 0 aliphatic rings. The molecule has 1 N–H and O–H groups in total. The molecule has 0 bridgehead atoms. The van der Waals surface area contributed by atoms with Crippen LogP contribution in [0.5, 0.6) is 0 Å². The number of Topliss-reactive ketones (excluding diaryl/α,β-unsaturated/α-hetero) is 2. The molecule has 5 heteroatoms. The van der Waals surface area contributed by atoms with Crippen LogP contribution in [0, 0.1) is 5.92 Å². The van der Waals surface area contributed by atoms with E-state index in [1.807, 2.05) is 6.92 Å². The lowest BCUT2D eigenvalue weighted by molar-refractivity contribution is -0.132. The first kappa shape index (κ1) is 15.2. The fraction of sp³-hybridized carbons (Fsp3) is 0.727. The molecule has 0 spiro atoms. The molecule has 0 radical (unpaired) electrons. The maximum absolute atomic E-state index is 11.5. The summed E-state index contributed by atoms with van der Waals surface area (Å²) in [6, 6.07) is -0.597. The summed E-state index contributed by atoms with van der Waals surface area (Å²) in [7, 11) is 0. The Hall–Kier alpha value is -0.840. The number of hydrogen-bond donors (Lipinski definition) is 2. The van der Waals surface area contributed by atoms with E-state index in [2.05, 4.69) is 17.9 Å². The molecule has 0 aliphatic heterocycles. The molecule has 16 heavy (non-hydrogen) atoms. The molecule has 0 saturated heterocycles. The highest BCUT2D eigenvalue weighted by atomic mass is 32.1. The van der Waals surface area contributed by atoms with Crippen molar-refractivity contribution in [2.24, 2.45) is 5.92 Å². The van der Waals surface area contributed by atoms with Gasteiger partial charge in [-0.2, -0.15) is 12.6 Å². The van der Waals surface area contributed by atoms with Crippen LogP contribution in [0.15, 0.2) is 0 Å². The largest absolute Gasteiger partial charge is 0.345 e. The summed E-state index contributed by atoms with van der Waals surface area (Å²) in [5.41, 5.74) is 0. The summed E-state index contributed by atoms with van der Waals surface area (Å²) >= 11 is 3.96. The van der Waals surface area contributed by atoms with Crippen molar-refractivity contribution in [3.05, 3.63) is 0 Å². The highest BCUT2D eigenvalue weighted by molar-refractivity contribution is 7.80. The second-order valence-corrected chi connectivity index (χ2v) is 4.23. The van der Waals surface area contributed by atoms with Gasteiger partial charge < -0.3 is 5.32 Å². The number of hydrogen-bond acceptors (Lipinski definition) is 4. The summed E-state index contributed by atoms with van der Waals surface area (Å²) in [5.74, 6) is -0.517. The van der Waals surface area contributed by atoms with Crippen LogP contribution in [-0.4, -0.2) is 29.3 Å². The number of ketones is 2. The number of carbonyl (C=O) groups excluding carboxylic acids is 3. The van der Waals surface area contributed by atoms with Crippen LogP contribution in [0.2, 0.25) is 0 Å². The first-order valence-corrected chi connectivity index (χ1v) is 5.99. The van der Waals surface area contributed by atoms with Crippen LogP contribution in [0.25, 0.3) is 0 Å². The van der Waals surface area contributed by atoms with E-state index in [1.165, 1.54) is 6.92 Å². The molecular weight excluding hydrogens is 226 g/mol. The van der Waals surface area contributed by atoms with Gasteiger partial charge in [0.1, 0.15) is 5.78 Å². The van der Waals surface area contributed by atoms with Crippen molar-refractivity contribution in [1.29, 1.82) is 0 Å². The Morgan fingerprint density at radius 1 is 1.31 bits per heavy atom. The second-order valence-electron chi connectivity index (χ2n) is 3.87. The Balaban J connectivity index is 4.17. The Kier molecular flexibility index (Phi) is 7.05. The van der Waals surface area contributed by atoms with Gasteiger partial charge >= 0.3 is 0 Å². The van der Waals surface area contributed by atoms with E-state index in [-0.39, 0.29) is 29.7 Å². The fourth-order valence-corrected chi connectivity index (χ4v) is 1.43. The smallest absolute Gasteiger partial charge is 0.228 e. The van der Waals surface area contributed by atoms with Crippen LogP contribution in [0.3, 0.4) is 0 Å². The fourth-order valence-electron chi connectivity index (χ4n) is 1.08. The quantitative estimate of drug-likeness (QED) is 0.519. The lowest BCUT2D eigenvalue weighted by Gasteiger charge is -2.13. The Labute approximate surface area is 102 Å². The lowest BCUT2D eigenvalue weighted by atomic mass is 10.0. The molecule has 0 aromatic heterocycles. The zero-order chi connectivity index (χ0) is 12.7. The molecule has 0 fully saturated rings. The van der Waals surface area contributed by atoms with Crippen molar-refractivity contribution in [1.82, 2.24) is 5.32 Å². The van der Waals surface area contributed by atoms with E-state index in [9.17, 15) is 14.4 Å². The minimum Gasteiger partial charge on any atom is -0.345 e. The van der Waals surface area contributed by atoms with E-state index in [1.54, 1.807) is 6.92 Å². The number of thiol groups is 1. The second kappa shape index (κ2) is 7.44. The molecule has 92 valence electrons. The molecule has 2 atom stereocenters. The van der Waals surface area contributed by atoms with Crippen LogP contribution in [-0.2, 0) is 14.4 Å². The lowest BCUT2D eigenvalue weighted by Crippen LogP contribution is -2.42. The van der Waals surface area contributed by atoms with Gasteiger partial charge in [0.2, 0.25) is 5.91 Å². The van der Waals surface area contributed by atoms with Gasteiger partial charge in [0.25, 0.3) is 0 Å². The summed E-state index contributed by atoms with van der Waals surface area (Å²) in [6.45, 7) is 5.07. The molecule has 0 aromatic rings. The van der Waals surface area contributed by atoms with Gasteiger partial charge in [-0.3, -0.25) is 14.4 Å². The van der Waals surface area contributed by atoms with Crippen molar-refractivity contribution in [3.63, 3.8) is 0 Å². The first-order valence-electron chi connectivity index (χ1n) is 5.35. The predicted molar refractivity (Wildman–Crippen MR) is 65.5 cm³/mol. The van der Waals surface area contributed by atoms with Gasteiger partial charge in [0.15, 0.2) is 5.78 Å². The van der Waals surface area contributed by atoms with Crippen molar-refractivity contribution in [3.8, 4) is 0 Å². The van der Waals surface area contributed by atoms with Crippen LogP contribution < -0.4 is 5.32 Å². The van der Waals surface area contributed by atoms with Gasteiger partial charge in [-0.1, -0.05) is 13.8 Å². The van der Waals surface area contributed by atoms with E-state index in [4.69, 9.17) is 0 Å². The number of amides is 1. The minimum absolute atomic E-state index is 0.0959. The maximum Gasteiger partial charge on any atom is 0.228 e. The SMILES string of the molecule is CC[C@H](C)C(=O)CC(=O)N[C@@H](CS)C(C)=O. The van der Waals surface area contributed by atoms with Crippen molar-refractivity contribution < 1.29 is 14.4 Å². The molecule has 0 unspecified atom stereocenters. The van der Waals surface area contributed by atoms with Gasteiger partial charge in [-0.15, -0.1) is 0 Å². The standard InChI is InChI=1S/C11H19NO3S/c1-4-7(2)10(14)5-11(15)12-9(6-16)8(3)13/h7,9,16H,4-6H2,1-3H3,(H,12,15)/t7-,9-/m0/s1. The summed E-state index contributed by atoms with van der Waals surface area (Å²) in [5, 5.41) is 2.49. The normalized spacial score (nSPS) is 14.0. The average molecular weight is 245 g/mol. The third-order valence-electron chi connectivity index (χ3n) is 2.51. The molecule has 4 nitrogen and oxygen atoms in total. The highest BCUT2D eigenvalue weighted by Gasteiger charge is 2.19. The number of rotatable bonds is 7.